The van der Waals surface area contributed by atoms with E-state index in [0.29, 0.717) is 15.9 Å². The number of ether oxygens (including phenoxy) is 1. The zero-order valence-corrected chi connectivity index (χ0v) is 26.3. The Hall–Kier alpha value is -3.89. The quantitative estimate of drug-likeness (QED) is 0.176. The van der Waals surface area contributed by atoms with Crippen molar-refractivity contribution >= 4 is 43.8 Å². The first-order chi connectivity index (χ1) is 19.4. The van der Waals surface area contributed by atoms with E-state index in [2.05, 4.69) is 63.1 Å². The molecule has 8 nitrogen and oxygen atoms in total. The highest BCUT2D eigenvalue weighted by molar-refractivity contribution is 9.10. The van der Waals surface area contributed by atoms with Gasteiger partial charge in [0, 0.05) is 22.6 Å². The van der Waals surface area contributed by atoms with Gasteiger partial charge in [0.2, 0.25) is 0 Å². The summed E-state index contributed by atoms with van der Waals surface area (Å²) in [7, 11) is -2.60. The summed E-state index contributed by atoms with van der Waals surface area (Å²) in [5.74, 6) is -0.0873. The summed E-state index contributed by atoms with van der Waals surface area (Å²) in [5, 5.41) is 4.15. The van der Waals surface area contributed by atoms with Crippen molar-refractivity contribution in [3.63, 3.8) is 0 Å². The normalized spacial score (nSPS) is 11.6. The van der Waals surface area contributed by atoms with Gasteiger partial charge < -0.3 is 9.30 Å². The standard InChI is InChI=1S/C31H33BrN4O4S/c1-20-7-10-26(11-8-20)35(41(38,39)28-13-14-30(40-6)29(32)17-28)19-31(37)34-33-18-25-16-23(4)36(24(25)5)27-12-9-21(2)22(3)15-27/h7-18H,19H2,1-6H3,(H,34,37)/b33-18-. The molecule has 0 saturated heterocycles. The molecule has 0 unspecified atom stereocenters. The molecule has 3 aromatic carbocycles. The first-order valence-corrected chi connectivity index (χ1v) is 15.2. The van der Waals surface area contributed by atoms with E-state index in [0.717, 1.165) is 32.5 Å². The molecule has 0 radical (unpaired) electrons. The molecule has 0 aliphatic carbocycles. The number of rotatable bonds is 9. The Bertz CT molecular complexity index is 1730. The summed E-state index contributed by atoms with van der Waals surface area (Å²) in [6.45, 7) is 9.61. The summed E-state index contributed by atoms with van der Waals surface area (Å²) in [6, 6.07) is 19.7. The highest BCUT2D eigenvalue weighted by Gasteiger charge is 2.28. The average molecular weight is 638 g/mol. The van der Waals surface area contributed by atoms with Crippen LogP contribution in [0.15, 0.2) is 81.2 Å². The fraction of sp³-hybridized carbons (Fsp3) is 0.226. The zero-order chi connectivity index (χ0) is 29.9. The number of hydrogen-bond acceptors (Lipinski definition) is 5. The van der Waals surface area contributed by atoms with E-state index in [-0.39, 0.29) is 4.90 Å². The molecule has 214 valence electrons. The van der Waals surface area contributed by atoms with E-state index >= 15 is 0 Å². The third kappa shape index (κ3) is 6.55. The van der Waals surface area contributed by atoms with Crippen LogP contribution in [0, 0.1) is 34.6 Å². The second kappa shape index (κ2) is 12.3. The van der Waals surface area contributed by atoms with Crippen LogP contribution in [0.4, 0.5) is 5.69 Å². The first-order valence-electron chi connectivity index (χ1n) is 12.9. The minimum absolute atomic E-state index is 0.0147. The van der Waals surface area contributed by atoms with Crippen LogP contribution in [0.5, 0.6) is 5.75 Å². The lowest BCUT2D eigenvalue weighted by Gasteiger charge is -2.24. The summed E-state index contributed by atoms with van der Waals surface area (Å²) in [5.41, 5.74) is 10.1. The van der Waals surface area contributed by atoms with Gasteiger partial charge in [0.05, 0.1) is 28.4 Å². The van der Waals surface area contributed by atoms with Crippen molar-refractivity contribution in [3.05, 3.63) is 105 Å². The van der Waals surface area contributed by atoms with Crippen molar-refractivity contribution in [3.8, 4) is 11.4 Å². The first kappa shape index (κ1) is 30.1. The van der Waals surface area contributed by atoms with E-state index in [1.165, 1.54) is 30.4 Å². The third-order valence-corrected chi connectivity index (χ3v) is 9.32. The average Bonchev–Trinajstić information content (AvgIpc) is 3.21. The topological polar surface area (TPSA) is 93.0 Å². The van der Waals surface area contributed by atoms with Crippen LogP contribution in [-0.2, 0) is 14.8 Å². The second-order valence-corrected chi connectivity index (χ2v) is 12.6. The molecular weight excluding hydrogens is 604 g/mol. The summed E-state index contributed by atoms with van der Waals surface area (Å²) < 4.78 is 36.3. The van der Waals surface area contributed by atoms with Gasteiger partial charge in [-0.05, 0) is 110 Å². The number of anilines is 1. The van der Waals surface area contributed by atoms with Crippen LogP contribution < -0.4 is 14.5 Å². The van der Waals surface area contributed by atoms with Gasteiger partial charge in [0.15, 0.2) is 0 Å². The number of amides is 1. The number of carbonyl (C=O) groups is 1. The molecule has 1 aromatic heterocycles. The van der Waals surface area contributed by atoms with E-state index in [9.17, 15) is 13.2 Å². The molecule has 0 aliphatic heterocycles. The largest absolute Gasteiger partial charge is 0.496 e. The van der Waals surface area contributed by atoms with Gasteiger partial charge in [-0.1, -0.05) is 23.8 Å². The number of aromatic nitrogens is 1. The molecule has 10 heteroatoms. The lowest BCUT2D eigenvalue weighted by Crippen LogP contribution is -2.39. The number of nitrogens with zero attached hydrogens (tertiary/aromatic N) is 3. The van der Waals surface area contributed by atoms with Crippen LogP contribution in [0.1, 0.15) is 33.6 Å². The maximum atomic E-state index is 13.7. The Morgan fingerprint density at radius 3 is 2.32 bits per heavy atom. The fourth-order valence-corrected chi connectivity index (χ4v) is 6.62. The number of sulfonamides is 1. The Balaban J connectivity index is 1.57. The maximum Gasteiger partial charge on any atom is 0.264 e. The van der Waals surface area contributed by atoms with E-state index < -0.39 is 22.5 Å². The number of aryl methyl sites for hydroxylation is 4. The van der Waals surface area contributed by atoms with E-state index in [4.69, 9.17) is 4.74 Å². The highest BCUT2D eigenvalue weighted by Crippen LogP contribution is 2.31. The van der Waals surface area contributed by atoms with Crippen molar-refractivity contribution in [2.45, 2.75) is 39.5 Å². The van der Waals surface area contributed by atoms with Crippen molar-refractivity contribution in [1.82, 2.24) is 9.99 Å². The van der Waals surface area contributed by atoms with Crippen LogP contribution in [0.2, 0.25) is 0 Å². The number of carbonyl (C=O) groups excluding carboxylic acids is 1. The predicted molar refractivity (Wildman–Crippen MR) is 167 cm³/mol. The van der Waals surface area contributed by atoms with Crippen LogP contribution >= 0.6 is 15.9 Å². The molecule has 0 bridgehead atoms. The summed E-state index contributed by atoms with van der Waals surface area (Å²) in [4.78, 5) is 13.0. The van der Waals surface area contributed by atoms with E-state index in [1.807, 2.05) is 26.8 Å². The lowest BCUT2D eigenvalue weighted by molar-refractivity contribution is -0.119. The minimum Gasteiger partial charge on any atom is -0.496 e. The fourth-order valence-electron chi connectivity index (χ4n) is 4.48. The van der Waals surface area contributed by atoms with Crippen molar-refractivity contribution < 1.29 is 17.9 Å². The number of hydrazone groups is 1. The molecule has 4 aromatic rings. The Kier molecular flexibility index (Phi) is 9.04. The Morgan fingerprint density at radius 1 is 0.976 bits per heavy atom. The summed E-state index contributed by atoms with van der Waals surface area (Å²) >= 11 is 3.35. The van der Waals surface area contributed by atoms with E-state index in [1.54, 1.807) is 36.5 Å². The van der Waals surface area contributed by atoms with Crippen LogP contribution in [0.3, 0.4) is 0 Å². The number of nitrogens with one attached hydrogen (secondary N) is 1. The molecule has 1 amide bonds. The molecule has 0 spiro atoms. The van der Waals surface area contributed by atoms with Crippen molar-refractivity contribution in [2.75, 3.05) is 18.0 Å². The molecule has 4 rings (SSSR count). The van der Waals surface area contributed by atoms with Gasteiger partial charge >= 0.3 is 0 Å². The smallest absolute Gasteiger partial charge is 0.264 e. The van der Waals surface area contributed by atoms with Gasteiger partial charge in [-0.15, -0.1) is 0 Å². The predicted octanol–water partition coefficient (Wildman–Crippen LogP) is 6.14. The molecule has 1 N–H and O–H groups in total. The Morgan fingerprint density at radius 2 is 1.68 bits per heavy atom. The van der Waals surface area contributed by atoms with Gasteiger partial charge in [0.25, 0.3) is 15.9 Å². The molecule has 0 atom stereocenters. The molecule has 0 fully saturated rings. The number of halogens is 1. The number of hydrogen-bond donors (Lipinski definition) is 1. The maximum absolute atomic E-state index is 13.7. The number of benzene rings is 3. The Labute approximate surface area is 249 Å². The summed E-state index contributed by atoms with van der Waals surface area (Å²) in [6.07, 6.45) is 1.57. The van der Waals surface area contributed by atoms with Crippen LogP contribution in [0.25, 0.3) is 5.69 Å². The highest BCUT2D eigenvalue weighted by atomic mass is 79.9. The van der Waals surface area contributed by atoms with Gasteiger partial charge in [-0.3, -0.25) is 9.10 Å². The van der Waals surface area contributed by atoms with Crippen LogP contribution in [-0.4, -0.2) is 38.8 Å². The second-order valence-electron chi connectivity index (χ2n) is 9.87. The minimum atomic E-state index is -4.10. The van der Waals surface area contributed by atoms with Gasteiger partial charge in [-0.25, -0.2) is 13.8 Å². The van der Waals surface area contributed by atoms with Crippen molar-refractivity contribution in [2.24, 2.45) is 5.10 Å². The number of methoxy groups -OCH3 is 1. The zero-order valence-electron chi connectivity index (χ0n) is 23.9. The van der Waals surface area contributed by atoms with Gasteiger partial charge in [-0.2, -0.15) is 5.10 Å². The molecule has 1 heterocycles. The molecular formula is C31H33BrN4O4S. The molecule has 41 heavy (non-hydrogen) atoms. The monoisotopic (exact) mass is 636 g/mol. The van der Waals surface area contributed by atoms with Gasteiger partial charge in [0.1, 0.15) is 12.3 Å². The lowest BCUT2D eigenvalue weighted by atomic mass is 10.1. The molecule has 0 saturated carbocycles. The SMILES string of the molecule is COc1ccc(S(=O)(=O)N(CC(=O)N/N=C\c2cc(C)n(-c3ccc(C)c(C)c3)c2C)c2ccc(C)cc2)cc1Br. The van der Waals surface area contributed by atoms with Crippen molar-refractivity contribution in [1.29, 1.82) is 0 Å². The molecule has 0 aliphatic rings. The third-order valence-electron chi connectivity index (χ3n) is 6.93.